The number of hydrogen-bond donors (Lipinski definition) is 2. The van der Waals surface area contributed by atoms with Crippen LogP contribution in [-0.2, 0) is 14.8 Å². The fourth-order valence-corrected chi connectivity index (χ4v) is 4.47. The highest BCUT2D eigenvalue weighted by molar-refractivity contribution is 7.92. The van der Waals surface area contributed by atoms with Crippen LogP contribution in [0, 0.1) is 5.82 Å². The second-order valence-corrected chi connectivity index (χ2v) is 9.22. The minimum absolute atomic E-state index is 0.101. The molecule has 7 nitrogen and oxygen atoms in total. The summed E-state index contributed by atoms with van der Waals surface area (Å²) in [5.74, 6) is -0.458. The van der Waals surface area contributed by atoms with Crippen molar-refractivity contribution >= 4 is 27.3 Å². The molecule has 1 heterocycles. The Bertz CT molecular complexity index is 1230. The third-order valence-corrected chi connectivity index (χ3v) is 6.46. The molecule has 9 heteroatoms. The lowest BCUT2D eigenvalue weighted by Gasteiger charge is -2.12. The first-order valence-corrected chi connectivity index (χ1v) is 11.9. The van der Waals surface area contributed by atoms with Gasteiger partial charge in [0.1, 0.15) is 18.2 Å². The van der Waals surface area contributed by atoms with Crippen molar-refractivity contribution in [1.29, 1.82) is 0 Å². The Labute approximate surface area is 191 Å². The molecule has 172 valence electrons. The molecule has 0 bridgehead atoms. The van der Waals surface area contributed by atoms with Crippen LogP contribution in [0.1, 0.15) is 23.2 Å². The Kier molecular flexibility index (Phi) is 6.90. The second kappa shape index (κ2) is 10.0. The van der Waals surface area contributed by atoms with E-state index in [9.17, 15) is 17.6 Å². The molecule has 1 amide bonds. The van der Waals surface area contributed by atoms with Crippen LogP contribution in [0.4, 0.5) is 15.8 Å². The monoisotopic (exact) mass is 470 g/mol. The highest BCUT2D eigenvalue weighted by Crippen LogP contribution is 2.22. The average Bonchev–Trinajstić information content (AvgIpc) is 3.33. The lowest BCUT2D eigenvalue weighted by atomic mass is 10.2. The number of ether oxygens (including phenoxy) is 2. The summed E-state index contributed by atoms with van der Waals surface area (Å²) in [6, 6.07) is 17.8. The molecule has 0 aromatic heterocycles. The third-order valence-electron chi connectivity index (χ3n) is 5.10. The summed E-state index contributed by atoms with van der Waals surface area (Å²) in [7, 11) is -4.05. The van der Waals surface area contributed by atoms with E-state index in [4.69, 9.17) is 9.47 Å². The van der Waals surface area contributed by atoms with Crippen molar-refractivity contribution in [2.45, 2.75) is 23.8 Å². The number of carbonyl (C=O) groups is 1. The van der Waals surface area contributed by atoms with Gasteiger partial charge in [-0.15, -0.1) is 0 Å². The molecule has 1 atom stereocenters. The summed E-state index contributed by atoms with van der Waals surface area (Å²) in [5, 5.41) is 2.68. The number of amides is 1. The zero-order valence-electron chi connectivity index (χ0n) is 17.7. The highest BCUT2D eigenvalue weighted by atomic mass is 32.2. The van der Waals surface area contributed by atoms with E-state index in [1.54, 1.807) is 30.3 Å². The van der Waals surface area contributed by atoms with Gasteiger partial charge in [-0.3, -0.25) is 9.52 Å². The van der Waals surface area contributed by atoms with E-state index in [0.717, 1.165) is 25.5 Å². The first kappa shape index (κ1) is 22.8. The highest BCUT2D eigenvalue weighted by Gasteiger charge is 2.18. The molecule has 3 aromatic rings. The first-order valence-electron chi connectivity index (χ1n) is 10.4. The molecule has 33 heavy (non-hydrogen) atoms. The lowest BCUT2D eigenvalue weighted by Crippen LogP contribution is -2.16. The number of sulfonamides is 1. The van der Waals surface area contributed by atoms with Gasteiger partial charge < -0.3 is 14.8 Å². The van der Waals surface area contributed by atoms with Crippen molar-refractivity contribution in [1.82, 2.24) is 0 Å². The molecule has 0 unspecified atom stereocenters. The molecule has 1 fully saturated rings. The van der Waals surface area contributed by atoms with Gasteiger partial charge in [0.25, 0.3) is 15.9 Å². The van der Waals surface area contributed by atoms with Gasteiger partial charge in [0.2, 0.25) is 0 Å². The Morgan fingerprint density at radius 2 is 1.85 bits per heavy atom. The molecule has 2 N–H and O–H groups in total. The number of anilines is 2. The molecule has 1 aliphatic rings. The van der Waals surface area contributed by atoms with Crippen LogP contribution < -0.4 is 14.8 Å². The Balaban J connectivity index is 1.40. The van der Waals surface area contributed by atoms with Crippen molar-refractivity contribution in [3.8, 4) is 5.75 Å². The second-order valence-electron chi connectivity index (χ2n) is 7.54. The van der Waals surface area contributed by atoms with Crippen LogP contribution in [0.5, 0.6) is 5.75 Å². The van der Waals surface area contributed by atoms with Crippen LogP contribution >= 0.6 is 0 Å². The molecule has 1 aliphatic heterocycles. The molecule has 1 saturated heterocycles. The van der Waals surface area contributed by atoms with Crippen molar-refractivity contribution < 1.29 is 27.1 Å². The molecule has 3 aromatic carbocycles. The predicted molar refractivity (Wildman–Crippen MR) is 123 cm³/mol. The van der Waals surface area contributed by atoms with Crippen LogP contribution in [-0.4, -0.2) is 33.6 Å². The van der Waals surface area contributed by atoms with Crippen molar-refractivity contribution in [2.75, 3.05) is 23.3 Å². The van der Waals surface area contributed by atoms with Crippen molar-refractivity contribution in [3.63, 3.8) is 0 Å². The Morgan fingerprint density at radius 1 is 1.06 bits per heavy atom. The van der Waals surface area contributed by atoms with E-state index in [-0.39, 0.29) is 22.4 Å². The molecule has 0 aliphatic carbocycles. The molecular formula is C24H23FN2O5S. The summed E-state index contributed by atoms with van der Waals surface area (Å²) in [6.07, 6.45) is 2.12. The SMILES string of the molecule is O=C(Nc1cccc(S(=O)(=O)Nc2ccccc2F)c1)c1ccc(OC[C@H]2CCCO2)cc1. The van der Waals surface area contributed by atoms with Gasteiger partial charge in [0.05, 0.1) is 16.7 Å². The van der Waals surface area contributed by atoms with Crippen LogP contribution in [0.2, 0.25) is 0 Å². The summed E-state index contributed by atoms with van der Waals surface area (Å²) in [5.41, 5.74) is 0.515. The van der Waals surface area contributed by atoms with Crippen molar-refractivity contribution in [2.24, 2.45) is 0 Å². The minimum Gasteiger partial charge on any atom is -0.491 e. The van der Waals surface area contributed by atoms with E-state index >= 15 is 0 Å². The van der Waals surface area contributed by atoms with Gasteiger partial charge in [-0.25, -0.2) is 12.8 Å². The Hall–Kier alpha value is -3.43. The van der Waals surface area contributed by atoms with Crippen molar-refractivity contribution in [3.05, 3.63) is 84.2 Å². The standard InChI is InChI=1S/C24H23FN2O5S/c25-22-8-1-2-9-23(22)27-33(29,30)21-7-3-5-18(15-21)26-24(28)17-10-12-19(13-11-17)32-16-20-6-4-14-31-20/h1-3,5,7-13,15,20,27H,4,6,14,16H2,(H,26,28)/t20-/m1/s1. The van der Waals surface area contributed by atoms with E-state index in [1.807, 2.05) is 0 Å². The van der Waals surface area contributed by atoms with Crippen LogP contribution in [0.25, 0.3) is 0 Å². The number of para-hydroxylation sites is 1. The van der Waals surface area contributed by atoms with Crippen LogP contribution in [0.15, 0.2) is 77.7 Å². The van der Waals surface area contributed by atoms with Gasteiger partial charge >= 0.3 is 0 Å². The fraction of sp³-hybridized carbons (Fsp3) is 0.208. The normalized spacial score (nSPS) is 15.7. The zero-order valence-corrected chi connectivity index (χ0v) is 18.5. The van der Waals surface area contributed by atoms with E-state index < -0.39 is 21.7 Å². The molecular weight excluding hydrogens is 447 g/mol. The zero-order chi connectivity index (χ0) is 23.3. The van der Waals surface area contributed by atoms with E-state index in [1.165, 1.54) is 36.4 Å². The van der Waals surface area contributed by atoms with E-state index in [2.05, 4.69) is 10.0 Å². The molecule has 4 rings (SSSR count). The maximum absolute atomic E-state index is 13.8. The lowest BCUT2D eigenvalue weighted by molar-refractivity contribution is 0.0679. The number of nitrogens with one attached hydrogen (secondary N) is 2. The Morgan fingerprint density at radius 3 is 2.58 bits per heavy atom. The molecule has 0 spiro atoms. The molecule has 0 radical (unpaired) electrons. The number of hydrogen-bond acceptors (Lipinski definition) is 5. The first-order chi connectivity index (χ1) is 15.9. The van der Waals surface area contributed by atoms with Gasteiger partial charge in [0.15, 0.2) is 0 Å². The summed E-state index contributed by atoms with van der Waals surface area (Å²) in [6.45, 7) is 1.22. The van der Waals surface area contributed by atoms with E-state index in [0.29, 0.717) is 17.9 Å². The topological polar surface area (TPSA) is 93.7 Å². The largest absolute Gasteiger partial charge is 0.491 e. The predicted octanol–water partition coefficient (Wildman–Crippen LogP) is 4.44. The number of carbonyl (C=O) groups excluding carboxylic acids is 1. The number of benzene rings is 3. The summed E-state index contributed by atoms with van der Waals surface area (Å²) in [4.78, 5) is 12.5. The number of halogens is 1. The quantitative estimate of drug-likeness (QED) is 0.508. The minimum atomic E-state index is -4.05. The van der Waals surface area contributed by atoms with Crippen LogP contribution in [0.3, 0.4) is 0 Å². The smallest absolute Gasteiger partial charge is 0.262 e. The summed E-state index contributed by atoms with van der Waals surface area (Å²) >= 11 is 0. The maximum atomic E-state index is 13.8. The number of rotatable bonds is 8. The van der Waals surface area contributed by atoms with Gasteiger partial charge in [-0.2, -0.15) is 0 Å². The van der Waals surface area contributed by atoms with Gasteiger partial charge in [-0.05, 0) is 67.4 Å². The molecule has 0 saturated carbocycles. The van der Waals surface area contributed by atoms with Gasteiger partial charge in [0, 0.05) is 17.9 Å². The third kappa shape index (κ3) is 5.88. The summed E-state index contributed by atoms with van der Waals surface area (Å²) < 4.78 is 52.5. The average molecular weight is 471 g/mol. The maximum Gasteiger partial charge on any atom is 0.262 e. The fourth-order valence-electron chi connectivity index (χ4n) is 3.36. The van der Waals surface area contributed by atoms with Gasteiger partial charge in [-0.1, -0.05) is 18.2 Å².